The van der Waals surface area contributed by atoms with E-state index >= 15 is 0 Å². The van der Waals surface area contributed by atoms with Crippen molar-refractivity contribution < 1.29 is 4.42 Å². The van der Waals surface area contributed by atoms with Gasteiger partial charge in [-0.15, -0.1) is 0 Å². The molecule has 17 heavy (non-hydrogen) atoms. The molecule has 2 heterocycles. The molecule has 2 N–H and O–H groups in total. The summed E-state index contributed by atoms with van der Waals surface area (Å²) in [5, 5.41) is 0. The van der Waals surface area contributed by atoms with Gasteiger partial charge < -0.3 is 15.1 Å². The number of pyridine rings is 1. The SMILES string of the molecule is CN(Cc1ccco1)c1cccnc1C(N)=S. The first kappa shape index (κ1) is 11.6. The second kappa shape index (κ2) is 4.97. The smallest absolute Gasteiger partial charge is 0.124 e. The fraction of sp³-hybridized carbons (Fsp3) is 0.167. The summed E-state index contributed by atoms with van der Waals surface area (Å²) in [6.45, 7) is 0.647. The van der Waals surface area contributed by atoms with Gasteiger partial charge in [-0.3, -0.25) is 4.98 Å². The maximum absolute atomic E-state index is 5.64. The van der Waals surface area contributed by atoms with Crippen molar-refractivity contribution in [3.8, 4) is 0 Å². The molecular formula is C12H13N3OS. The van der Waals surface area contributed by atoms with Crippen LogP contribution >= 0.6 is 12.2 Å². The highest BCUT2D eigenvalue weighted by atomic mass is 32.1. The van der Waals surface area contributed by atoms with Crippen LogP contribution in [-0.2, 0) is 6.54 Å². The number of nitrogens with two attached hydrogens (primary N) is 1. The lowest BCUT2D eigenvalue weighted by atomic mass is 10.2. The number of anilines is 1. The van der Waals surface area contributed by atoms with Crippen LogP contribution in [0.3, 0.4) is 0 Å². The molecule has 0 aliphatic rings. The number of furan rings is 1. The quantitative estimate of drug-likeness (QED) is 0.837. The maximum atomic E-state index is 5.64. The Balaban J connectivity index is 2.24. The van der Waals surface area contributed by atoms with Crippen LogP contribution in [0.15, 0.2) is 41.1 Å². The van der Waals surface area contributed by atoms with Crippen molar-refractivity contribution >= 4 is 22.9 Å². The highest BCUT2D eigenvalue weighted by Crippen LogP contribution is 2.19. The Morgan fingerprint density at radius 2 is 2.29 bits per heavy atom. The van der Waals surface area contributed by atoms with E-state index < -0.39 is 0 Å². The normalized spacial score (nSPS) is 10.2. The van der Waals surface area contributed by atoms with Gasteiger partial charge >= 0.3 is 0 Å². The average Bonchev–Trinajstić information content (AvgIpc) is 2.81. The molecule has 88 valence electrons. The van der Waals surface area contributed by atoms with E-state index in [0.29, 0.717) is 17.2 Å². The second-order valence-electron chi connectivity index (χ2n) is 3.67. The van der Waals surface area contributed by atoms with Gasteiger partial charge in [0.2, 0.25) is 0 Å². The van der Waals surface area contributed by atoms with Gasteiger partial charge in [-0.05, 0) is 24.3 Å². The van der Waals surface area contributed by atoms with E-state index in [2.05, 4.69) is 4.98 Å². The number of hydrogen-bond acceptors (Lipinski definition) is 4. The number of rotatable bonds is 4. The summed E-state index contributed by atoms with van der Waals surface area (Å²) < 4.78 is 5.30. The molecule has 0 saturated heterocycles. The predicted molar refractivity (Wildman–Crippen MR) is 70.9 cm³/mol. The fourth-order valence-corrected chi connectivity index (χ4v) is 1.77. The highest BCUT2D eigenvalue weighted by molar-refractivity contribution is 7.80. The van der Waals surface area contributed by atoms with Crippen molar-refractivity contribution in [1.29, 1.82) is 0 Å². The Morgan fingerprint density at radius 1 is 1.47 bits per heavy atom. The minimum absolute atomic E-state index is 0.298. The zero-order valence-electron chi connectivity index (χ0n) is 9.46. The van der Waals surface area contributed by atoms with Crippen LogP contribution < -0.4 is 10.6 Å². The van der Waals surface area contributed by atoms with E-state index in [1.807, 2.05) is 36.2 Å². The van der Waals surface area contributed by atoms with E-state index in [1.54, 1.807) is 12.5 Å². The third-order valence-electron chi connectivity index (χ3n) is 2.40. The van der Waals surface area contributed by atoms with Crippen LogP contribution in [-0.4, -0.2) is 17.0 Å². The van der Waals surface area contributed by atoms with Gasteiger partial charge in [0.15, 0.2) is 0 Å². The van der Waals surface area contributed by atoms with Crippen molar-refractivity contribution in [2.45, 2.75) is 6.54 Å². The summed E-state index contributed by atoms with van der Waals surface area (Å²) in [7, 11) is 1.95. The average molecular weight is 247 g/mol. The van der Waals surface area contributed by atoms with Crippen LogP contribution in [0.25, 0.3) is 0 Å². The summed E-state index contributed by atoms with van der Waals surface area (Å²) in [4.78, 5) is 6.49. The molecule has 2 rings (SSSR count). The van der Waals surface area contributed by atoms with Crippen LogP contribution in [0.1, 0.15) is 11.5 Å². The van der Waals surface area contributed by atoms with E-state index in [-0.39, 0.29) is 0 Å². The first-order valence-electron chi connectivity index (χ1n) is 5.17. The third-order valence-corrected chi connectivity index (χ3v) is 2.60. The lowest BCUT2D eigenvalue weighted by Crippen LogP contribution is -2.22. The second-order valence-corrected chi connectivity index (χ2v) is 4.11. The number of thiocarbonyl (C=S) groups is 1. The number of aromatic nitrogens is 1. The van der Waals surface area contributed by atoms with Gasteiger partial charge in [-0.1, -0.05) is 12.2 Å². The van der Waals surface area contributed by atoms with E-state index in [9.17, 15) is 0 Å². The van der Waals surface area contributed by atoms with Crippen LogP contribution in [0.2, 0.25) is 0 Å². The summed E-state index contributed by atoms with van der Waals surface area (Å²) >= 11 is 4.98. The number of hydrogen-bond donors (Lipinski definition) is 1. The molecule has 0 amide bonds. The van der Waals surface area contributed by atoms with Crippen LogP contribution in [0, 0.1) is 0 Å². The van der Waals surface area contributed by atoms with Gasteiger partial charge in [0, 0.05) is 13.2 Å². The minimum atomic E-state index is 0.298. The Morgan fingerprint density at radius 3 is 2.94 bits per heavy atom. The first-order chi connectivity index (χ1) is 8.18. The third kappa shape index (κ3) is 2.62. The lowest BCUT2D eigenvalue weighted by molar-refractivity contribution is 0.507. The largest absolute Gasteiger partial charge is 0.467 e. The Kier molecular flexibility index (Phi) is 3.39. The van der Waals surface area contributed by atoms with E-state index in [0.717, 1.165) is 11.4 Å². The summed E-state index contributed by atoms with van der Waals surface area (Å²) in [5.41, 5.74) is 7.18. The molecule has 5 heteroatoms. The molecule has 2 aromatic heterocycles. The summed E-state index contributed by atoms with van der Waals surface area (Å²) in [6, 6.07) is 7.58. The van der Waals surface area contributed by atoms with Gasteiger partial charge in [-0.25, -0.2) is 0 Å². The first-order valence-corrected chi connectivity index (χ1v) is 5.57. The number of nitrogens with zero attached hydrogens (tertiary/aromatic N) is 2. The zero-order chi connectivity index (χ0) is 12.3. The monoisotopic (exact) mass is 247 g/mol. The summed E-state index contributed by atoms with van der Waals surface area (Å²) in [6.07, 6.45) is 3.33. The lowest BCUT2D eigenvalue weighted by Gasteiger charge is -2.20. The van der Waals surface area contributed by atoms with Crippen molar-refractivity contribution in [1.82, 2.24) is 4.98 Å². The van der Waals surface area contributed by atoms with Crippen molar-refractivity contribution in [2.75, 3.05) is 11.9 Å². The molecule has 0 aromatic carbocycles. The molecule has 0 fully saturated rings. The van der Waals surface area contributed by atoms with Gasteiger partial charge in [0.05, 0.1) is 18.5 Å². The summed E-state index contributed by atoms with van der Waals surface area (Å²) in [5.74, 6) is 0.880. The fourth-order valence-electron chi connectivity index (χ4n) is 1.62. The molecule has 4 nitrogen and oxygen atoms in total. The van der Waals surface area contributed by atoms with E-state index in [4.69, 9.17) is 22.4 Å². The molecule has 0 unspecified atom stereocenters. The maximum Gasteiger partial charge on any atom is 0.124 e. The molecule has 0 spiro atoms. The topological polar surface area (TPSA) is 55.3 Å². The van der Waals surface area contributed by atoms with Crippen molar-refractivity contribution in [3.63, 3.8) is 0 Å². The minimum Gasteiger partial charge on any atom is -0.467 e. The van der Waals surface area contributed by atoms with Gasteiger partial charge in [0.1, 0.15) is 16.4 Å². The van der Waals surface area contributed by atoms with Crippen molar-refractivity contribution in [2.24, 2.45) is 5.73 Å². The van der Waals surface area contributed by atoms with Crippen LogP contribution in [0.5, 0.6) is 0 Å². The Hall–Kier alpha value is -1.88. The van der Waals surface area contributed by atoms with Crippen LogP contribution in [0.4, 0.5) is 5.69 Å². The molecule has 0 atom stereocenters. The van der Waals surface area contributed by atoms with Gasteiger partial charge in [0.25, 0.3) is 0 Å². The zero-order valence-corrected chi connectivity index (χ0v) is 10.3. The molecular weight excluding hydrogens is 234 g/mol. The molecule has 0 saturated carbocycles. The van der Waals surface area contributed by atoms with E-state index in [1.165, 1.54) is 0 Å². The molecule has 0 aliphatic heterocycles. The Bertz CT molecular complexity index is 510. The Labute approximate surface area is 105 Å². The molecule has 0 bridgehead atoms. The molecule has 0 radical (unpaired) electrons. The molecule has 2 aromatic rings. The standard InChI is InChI=1S/C12H13N3OS/c1-15(8-9-4-3-7-16-9)10-5-2-6-14-11(10)12(13)17/h2-7H,8H2,1H3,(H2,13,17). The predicted octanol–water partition coefficient (Wildman–Crippen LogP) is 1.95. The van der Waals surface area contributed by atoms with Crippen molar-refractivity contribution in [3.05, 3.63) is 48.2 Å². The highest BCUT2D eigenvalue weighted by Gasteiger charge is 2.11. The van der Waals surface area contributed by atoms with Gasteiger partial charge in [-0.2, -0.15) is 0 Å². The molecule has 0 aliphatic carbocycles.